The number of anilines is 1. The molecule has 0 radical (unpaired) electrons. The van der Waals surface area contributed by atoms with Gasteiger partial charge in [0.15, 0.2) is 17.3 Å². The van der Waals surface area contributed by atoms with Crippen molar-refractivity contribution in [1.82, 2.24) is 0 Å². The van der Waals surface area contributed by atoms with E-state index in [9.17, 15) is 9.18 Å². The zero-order valence-corrected chi connectivity index (χ0v) is 14.1. The molecule has 0 aliphatic heterocycles. The lowest BCUT2D eigenvalue weighted by molar-refractivity contribution is 0.101. The van der Waals surface area contributed by atoms with Crippen molar-refractivity contribution in [3.05, 3.63) is 47.3 Å². The van der Waals surface area contributed by atoms with Crippen LogP contribution in [0.5, 0.6) is 17.2 Å². The first-order chi connectivity index (χ1) is 11.5. The Balaban J connectivity index is 2.30. The number of Topliss-reactive ketones (excluding diaryl/α,β-unsaturated/α-hetero) is 1. The predicted molar refractivity (Wildman–Crippen MR) is 89.8 cm³/mol. The summed E-state index contributed by atoms with van der Waals surface area (Å²) < 4.78 is 29.7. The zero-order chi connectivity index (χ0) is 17.7. The lowest BCUT2D eigenvalue weighted by Gasteiger charge is -2.15. The number of hydrogen-bond acceptors (Lipinski definition) is 5. The van der Waals surface area contributed by atoms with Gasteiger partial charge in [0.25, 0.3) is 0 Å². The summed E-state index contributed by atoms with van der Waals surface area (Å²) in [6.07, 6.45) is 0. The number of carbonyl (C=O) groups is 1. The summed E-state index contributed by atoms with van der Waals surface area (Å²) in [7, 11) is 4.61. The molecule has 128 valence electrons. The minimum Gasteiger partial charge on any atom is -0.493 e. The molecule has 24 heavy (non-hydrogen) atoms. The molecule has 0 heterocycles. The number of nitrogens with one attached hydrogen (secondary N) is 1. The molecule has 2 aromatic carbocycles. The van der Waals surface area contributed by atoms with E-state index in [-0.39, 0.29) is 11.3 Å². The third kappa shape index (κ3) is 3.59. The molecule has 2 aromatic rings. The van der Waals surface area contributed by atoms with E-state index in [0.717, 1.165) is 5.56 Å². The number of carbonyl (C=O) groups excluding carboxylic acids is 1. The molecule has 0 aliphatic rings. The van der Waals surface area contributed by atoms with Crippen molar-refractivity contribution in [1.29, 1.82) is 0 Å². The summed E-state index contributed by atoms with van der Waals surface area (Å²) in [5, 5.41) is 3.08. The van der Waals surface area contributed by atoms with Crippen molar-refractivity contribution >= 4 is 11.5 Å². The third-order valence-corrected chi connectivity index (χ3v) is 3.57. The van der Waals surface area contributed by atoms with E-state index in [0.29, 0.717) is 29.5 Å². The molecule has 0 saturated carbocycles. The molecule has 0 fully saturated rings. The SMILES string of the molecule is COc1cc(CNc2cccc(F)c2C(C)=O)cc(OC)c1OC. The maximum absolute atomic E-state index is 13.8. The van der Waals surface area contributed by atoms with Gasteiger partial charge in [0.2, 0.25) is 5.75 Å². The van der Waals surface area contributed by atoms with Crippen LogP contribution in [0.3, 0.4) is 0 Å². The summed E-state index contributed by atoms with van der Waals surface area (Å²) in [4.78, 5) is 11.6. The Kier molecular flexibility index (Phi) is 5.63. The molecule has 2 rings (SSSR count). The van der Waals surface area contributed by atoms with Crippen LogP contribution < -0.4 is 19.5 Å². The number of rotatable bonds is 7. The molecule has 0 aliphatic carbocycles. The average Bonchev–Trinajstić information content (AvgIpc) is 2.58. The number of methoxy groups -OCH3 is 3. The summed E-state index contributed by atoms with van der Waals surface area (Å²) in [5.41, 5.74) is 1.32. The lowest BCUT2D eigenvalue weighted by Crippen LogP contribution is -2.07. The van der Waals surface area contributed by atoms with E-state index in [2.05, 4.69) is 5.32 Å². The molecule has 0 bridgehead atoms. The van der Waals surface area contributed by atoms with Crippen LogP contribution in [0.25, 0.3) is 0 Å². The highest BCUT2D eigenvalue weighted by Crippen LogP contribution is 2.38. The van der Waals surface area contributed by atoms with E-state index in [4.69, 9.17) is 14.2 Å². The number of ketones is 1. The third-order valence-electron chi connectivity index (χ3n) is 3.57. The summed E-state index contributed by atoms with van der Waals surface area (Å²) in [6.45, 7) is 1.70. The second-order valence-corrected chi connectivity index (χ2v) is 5.11. The van der Waals surface area contributed by atoms with Gasteiger partial charge in [-0.1, -0.05) is 6.07 Å². The standard InChI is InChI=1S/C18H20FNO4/c1-11(21)17-13(19)6-5-7-14(17)20-10-12-8-15(22-2)18(24-4)16(9-12)23-3/h5-9,20H,10H2,1-4H3. The summed E-state index contributed by atoms with van der Waals surface area (Å²) in [5.74, 6) is 0.677. The molecule has 0 saturated heterocycles. The van der Waals surface area contributed by atoms with Crippen LogP contribution in [-0.2, 0) is 6.54 Å². The minimum atomic E-state index is -0.544. The largest absolute Gasteiger partial charge is 0.493 e. The van der Waals surface area contributed by atoms with Gasteiger partial charge >= 0.3 is 0 Å². The topological polar surface area (TPSA) is 56.8 Å². The normalized spacial score (nSPS) is 10.2. The van der Waals surface area contributed by atoms with Crippen molar-refractivity contribution < 1.29 is 23.4 Å². The second-order valence-electron chi connectivity index (χ2n) is 5.11. The molecule has 0 aromatic heterocycles. The Hall–Kier alpha value is -2.76. The number of benzene rings is 2. The van der Waals surface area contributed by atoms with Crippen molar-refractivity contribution in [2.45, 2.75) is 13.5 Å². The molecular weight excluding hydrogens is 313 g/mol. The van der Waals surface area contributed by atoms with Gasteiger partial charge in [0, 0.05) is 12.2 Å². The molecule has 0 atom stereocenters. The van der Waals surface area contributed by atoms with Crippen molar-refractivity contribution in [3.63, 3.8) is 0 Å². The van der Waals surface area contributed by atoms with E-state index in [1.54, 1.807) is 24.3 Å². The van der Waals surface area contributed by atoms with E-state index in [1.807, 2.05) is 0 Å². The Labute approximate surface area is 140 Å². The first kappa shape index (κ1) is 17.6. The molecule has 0 spiro atoms. The zero-order valence-electron chi connectivity index (χ0n) is 14.1. The highest BCUT2D eigenvalue weighted by Gasteiger charge is 2.15. The molecular formula is C18H20FNO4. The van der Waals surface area contributed by atoms with Crippen LogP contribution >= 0.6 is 0 Å². The van der Waals surface area contributed by atoms with Gasteiger partial charge in [0.05, 0.1) is 26.9 Å². The fourth-order valence-corrected chi connectivity index (χ4v) is 2.46. The van der Waals surface area contributed by atoms with E-state index >= 15 is 0 Å². The molecule has 0 amide bonds. The molecule has 1 N–H and O–H groups in total. The first-order valence-electron chi connectivity index (χ1n) is 7.34. The fraction of sp³-hybridized carbons (Fsp3) is 0.278. The van der Waals surface area contributed by atoms with Crippen LogP contribution in [0, 0.1) is 5.82 Å². The average molecular weight is 333 g/mol. The first-order valence-corrected chi connectivity index (χ1v) is 7.34. The fourth-order valence-electron chi connectivity index (χ4n) is 2.46. The molecule has 5 nitrogen and oxygen atoms in total. The van der Waals surface area contributed by atoms with Crippen molar-refractivity contribution in [3.8, 4) is 17.2 Å². The molecule has 0 unspecified atom stereocenters. The van der Waals surface area contributed by atoms with Crippen molar-refractivity contribution in [2.24, 2.45) is 0 Å². The van der Waals surface area contributed by atoms with Crippen LogP contribution in [0.4, 0.5) is 10.1 Å². The van der Waals surface area contributed by atoms with E-state index < -0.39 is 5.82 Å². The van der Waals surface area contributed by atoms with Gasteiger partial charge in [-0.25, -0.2) is 4.39 Å². The highest BCUT2D eigenvalue weighted by atomic mass is 19.1. The number of ether oxygens (including phenoxy) is 3. The number of halogens is 1. The maximum Gasteiger partial charge on any atom is 0.203 e. The van der Waals surface area contributed by atoms with Gasteiger partial charge in [-0.2, -0.15) is 0 Å². The monoisotopic (exact) mass is 333 g/mol. The quantitative estimate of drug-likeness (QED) is 0.784. The van der Waals surface area contributed by atoms with E-state index in [1.165, 1.54) is 34.3 Å². The van der Waals surface area contributed by atoms with Gasteiger partial charge in [0.1, 0.15) is 5.82 Å². The number of hydrogen-bond donors (Lipinski definition) is 1. The van der Waals surface area contributed by atoms with Crippen LogP contribution in [0.15, 0.2) is 30.3 Å². The second kappa shape index (κ2) is 7.68. The minimum absolute atomic E-state index is 0.0462. The summed E-state index contributed by atoms with van der Waals surface area (Å²) >= 11 is 0. The Morgan fingerprint density at radius 3 is 2.21 bits per heavy atom. The van der Waals surface area contributed by atoms with Gasteiger partial charge in [-0.3, -0.25) is 4.79 Å². The van der Waals surface area contributed by atoms with Crippen molar-refractivity contribution in [2.75, 3.05) is 26.6 Å². The van der Waals surface area contributed by atoms with Crippen LogP contribution in [0.1, 0.15) is 22.8 Å². The van der Waals surface area contributed by atoms with Gasteiger partial charge in [-0.05, 0) is 36.8 Å². The summed E-state index contributed by atoms with van der Waals surface area (Å²) in [6, 6.07) is 8.07. The Morgan fingerprint density at radius 2 is 1.71 bits per heavy atom. The maximum atomic E-state index is 13.8. The smallest absolute Gasteiger partial charge is 0.203 e. The van der Waals surface area contributed by atoms with Gasteiger partial charge in [-0.15, -0.1) is 0 Å². The van der Waals surface area contributed by atoms with Gasteiger partial charge < -0.3 is 19.5 Å². The molecule has 6 heteroatoms. The van der Waals surface area contributed by atoms with Crippen LogP contribution in [0.2, 0.25) is 0 Å². The van der Waals surface area contributed by atoms with Crippen LogP contribution in [-0.4, -0.2) is 27.1 Å². The Bertz CT molecular complexity index is 721. The predicted octanol–water partition coefficient (Wildman–Crippen LogP) is 3.67. The highest BCUT2D eigenvalue weighted by molar-refractivity contribution is 5.99. The lowest BCUT2D eigenvalue weighted by atomic mass is 10.1. The Morgan fingerprint density at radius 1 is 1.08 bits per heavy atom.